The quantitative estimate of drug-likeness (QED) is 0.0505. The number of carbonyl (C=O) groups is 3. The fourth-order valence-corrected chi connectivity index (χ4v) is 8.80. The van der Waals surface area contributed by atoms with Gasteiger partial charge in [-0.2, -0.15) is 0 Å². The maximum Gasteiger partial charge on any atom is 0.338 e. The standard InChI is InChI=1S/C61H58O14/c62-57(46-30-16-5-17-31-46)73-52-50(71-60(65)55(75-59(64)48-34-20-7-21-35-48)54(52)74-58(63)47-32-18-6-19-33-47)41-70-61-56(69-39-45-28-14-4-15-29-45)53(68-38-44-26-12-3-13-27-44)51(67-37-43-24-10-2-11-25-43)49(72-61)40-66-36-42-22-8-1-9-23-42/h1-35,49-56,60-61,65H,36-41H2/t49-,50-,51-,52-,53+,54+,55-,56+,60+,61+/m1/s1. The Morgan fingerprint density at radius 2 is 0.693 bits per heavy atom. The summed E-state index contributed by atoms with van der Waals surface area (Å²) in [6.45, 7) is 0.321. The molecule has 0 aliphatic carbocycles. The molecule has 10 atom stereocenters. The second kappa shape index (κ2) is 26.7. The summed E-state index contributed by atoms with van der Waals surface area (Å²) >= 11 is 0. The summed E-state index contributed by atoms with van der Waals surface area (Å²) in [7, 11) is 0. The molecule has 0 bridgehead atoms. The first-order chi connectivity index (χ1) is 36.9. The Labute approximate surface area is 435 Å². The van der Waals surface area contributed by atoms with Crippen LogP contribution in [0.4, 0.5) is 0 Å². The number of ether oxygens (including phenoxy) is 10. The van der Waals surface area contributed by atoms with Crippen LogP contribution in [-0.2, 0) is 73.8 Å². The molecule has 14 nitrogen and oxygen atoms in total. The molecule has 14 heteroatoms. The largest absolute Gasteiger partial charge is 0.452 e. The highest BCUT2D eigenvalue weighted by atomic mass is 16.7. The molecular weight excluding hydrogens is 957 g/mol. The van der Waals surface area contributed by atoms with Crippen LogP contribution in [0.3, 0.4) is 0 Å². The maximum absolute atomic E-state index is 14.1. The minimum atomic E-state index is -1.93. The van der Waals surface area contributed by atoms with Gasteiger partial charge in [0, 0.05) is 0 Å². The van der Waals surface area contributed by atoms with E-state index in [1.54, 1.807) is 66.7 Å². The van der Waals surface area contributed by atoms with Crippen molar-refractivity contribution in [2.75, 3.05) is 13.2 Å². The van der Waals surface area contributed by atoms with Crippen molar-refractivity contribution in [2.45, 2.75) is 87.8 Å². The van der Waals surface area contributed by atoms with Crippen molar-refractivity contribution in [3.63, 3.8) is 0 Å². The third-order valence-corrected chi connectivity index (χ3v) is 12.6. The van der Waals surface area contributed by atoms with Crippen LogP contribution in [0.15, 0.2) is 212 Å². The molecule has 0 radical (unpaired) electrons. The van der Waals surface area contributed by atoms with E-state index < -0.39 is 85.9 Å². The van der Waals surface area contributed by atoms with Gasteiger partial charge in [0.15, 0.2) is 30.9 Å². The van der Waals surface area contributed by atoms with E-state index in [1.807, 2.05) is 121 Å². The van der Waals surface area contributed by atoms with Crippen LogP contribution in [0, 0.1) is 0 Å². The predicted molar refractivity (Wildman–Crippen MR) is 274 cm³/mol. The van der Waals surface area contributed by atoms with Crippen LogP contribution in [-0.4, -0.2) is 97.6 Å². The SMILES string of the molecule is O=C(O[C@@H]1[C@@H](OC(=O)c2ccccc2)[C@@H](O)O[C@H](CO[C@H]2O[C@H](COCc3ccccc3)[C@@H](OCc3ccccc3)[C@H](OCc3ccccc3)[C@@H]2OCc2ccccc2)[C@H]1OC(=O)c1ccccc1)c1ccccc1. The first-order valence-corrected chi connectivity index (χ1v) is 24.8. The molecule has 0 amide bonds. The van der Waals surface area contributed by atoms with Gasteiger partial charge in [-0.15, -0.1) is 0 Å². The number of hydrogen-bond acceptors (Lipinski definition) is 14. The predicted octanol–water partition coefficient (Wildman–Crippen LogP) is 9.09. The Hall–Kier alpha value is -7.37. The number of hydrogen-bond donors (Lipinski definition) is 1. The van der Waals surface area contributed by atoms with Gasteiger partial charge in [-0.1, -0.05) is 176 Å². The van der Waals surface area contributed by atoms with Gasteiger partial charge in [0.1, 0.15) is 30.5 Å². The normalized spacial score (nSPS) is 23.4. The molecule has 2 heterocycles. The summed E-state index contributed by atoms with van der Waals surface area (Å²) in [5.41, 5.74) is 4.08. The minimum Gasteiger partial charge on any atom is -0.452 e. The summed E-state index contributed by atoms with van der Waals surface area (Å²) in [5, 5.41) is 11.9. The van der Waals surface area contributed by atoms with Crippen LogP contribution < -0.4 is 0 Å². The second-order valence-corrected chi connectivity index (χ2v) is 17.9. The highest BCUT2D eigenvalue weighted by molar-refractivity contribution is 5.91. The zero-order chi connectivity index (χ0) is 51.6. The van der Waals surface area contributed by atoms with Crippen molar-refractivity contribution < 1.29 is 66.9 Å². The Kier molecular flexibility index (Phi) is 18.7. The number of esters is 3. The molecule has 2 saturated heterocycles. The number of aliphatic hydroxyl groups excluding tert-OH is 1. The molecule has 0 spiro atoms. The third kappa shape index (κ3) is 14.5. The van der Waals surface area contributed by atoms with E-state index in [0.717, 1.165) is 22.3 Å². The highest BCUT2D eigenvalue weighted by Gasteiger charge is 2.54. The van der Waals surface area contributed by atoms with Gasteiger partial charge in [0.2, 0.25) is 0 Å². The van der Waals surface area contributed by atoms with E-state index in [2.05, 4.69) is 0 Å². The zero-order valence-electron chi connectivity index (χ0n) is 41.0. The van der Waals surface area contributed by atoms with E-state index in [0.29, 0.717) is 0 Å². The first kappa shape index (κ1) is 52.5. The zero-order valence-corrected chi connectivity index (χ0v) is 41.0. The Morgan fingerprint density at radius 3 is 1.13 bits per heavy atom. The smallest absolute Gasteiger partial charge is 0.338 e. The lowest BCUT2D eigenvalue weighted by atomic mass is 9.96. The molecule has 2 fully saturated rings. The van der Waals surface area contributed by atoms with Crippen LogP contribution in [0.25, 0.3) is 0 Å². The van der Waals surface area contributed by atoms with Gasteiger partial charge in [-0.3, -0.25) is 0 Å². The fourth-order valence-electron chi connectivity index (χ4n) is 8.80. The van der Waals surface area contributed by atoms with Gasteiger partial charge in [-0.25, -0.2) is 14.4 Å². The first-order valence-electron chi connectivity index (χ1n) is 24.8. The van der Waals surface area contributed by atoms with Gasteiger partial charge < -0.3 is 52.5 Å². The molecule has 7 aromatic rings. The van der Waals surface area contributed by atoms with E-state index in [-0.39, 0.29) is 49.7 Å². The molecule has 0 aromatic heterocycles. The Morgan fingerprint density at radius 1 is 0.347 bits per heavy atom. The number of benzene rings is 7. The summed E-state index contributed by atoms with van der Waals surface area (Å²) in [6, 6.07) is 63.2. The van der Waals surface area contributed by atoms with Crippen LogP contribution in [0.2, 0.25) is 0 Å². The summed E-state index contributed by atoms with van der Waals surface area (Å²) in [6.07, 6.45) is -13.0. The molecule has 9 rings (SSSR count). The van der Waals surface area contributed by atoms with Crippen molar-refractivity contribution in [1.82, 2.24) is 0 Å². The van der Waals surface area contributed by atoms with Crippen LogP contribution >= 0.6 is 0 Å². The molecule has 75 heavy (non-hydrogen) atoms. The fraction of sp³-hybridized carbons (Fsp3) is 0.262. The van der Waals surface area contributed by atoms with Gasteiger partial charge in [0.25, 0.3) is 0 Å². The van der Waals surface area contributed by atoms with E-state index >= 15 is 0 Å². The second-order valence-electron chi connectivity index (χ2n) is 17.9. The lowest BCUT2D eigenvalue weighted by molar-refractivity contribution is -0.342. The van der Waals surface area contributed by atoms with Crippen molar-refractivity contribution in [2.24, 2.45) is 0 Å². The third-order valence-electron chi connectivity index (χ3n) is 12.6. The average molecular weight is 1020 g/mol. The van der Waals surface area contributed by atoms with Gasteiger partial charge in [0.05, 0.1) is 56.3 Å². The van der Waals surface area contributed by atoms with Crippen molar-refractivity contribution in [3.05, 3.63) is 251 Å². The highest BCUT2D eigenvalue weighted by Crippen LogP contribution is 2.35. The summed E-state index contributed by atoms with van der Waals surface area (Å²) < 4.78 is 65.2. The summed E-state index contributed by atoms with van der Waals surface area (Å²) in [5.74, 6) is -2.52. The molecule has 7 aromatic carbocycles. The molecule has 0 unspecified atom stereocenters. The topological polar surface area (TPSA) is 164 Å². The molecule has 2 aliphatic heterocycles. The van der Waals surface area contributed by atoms with Gasteiger partial charge in [-0.05, 0) is 58.7 Å². The summed E-state index contributed by atoms with van der Waals surface area (Å²) in [4.78, 5) is 41.9. The van der Waals surface area contributed by atoms with Crippen molar-refractivity contribution >= 4 is 17.9 Å². The minimum absolute atomic E-state index is 0.0345. The van der Waals surface area contributed by atoms with E-state index in [9.17, 15) is 19.5 Å². The molecule has 1 N–H and O–H groups in total. The number of rotatable bonds is 22. The maximum atomic E-state index is 14.1. The monoisotopic (exact) mass is 1010 g/mol. The van der Waals surface area contributed by atoms with Crippen LogP contribution in [0.5, 0.6) is 0 Å². The molecular formula is C61H58O14. The Bertz CT molecular complexity index is 2810. The van der Waals surface area contributed by atoms with E-state index in [4.69, 9.17) is 47.4 Å². The number of aliphatic hydroxyl groups is 1. The lowest BCUT2D eigenvalue weighted by Crippen LogP contribution is -2.64. The van der Waals surface area contributed by atoms with E-state index in [1.165, 1.54) is 24.3 Å². The van der Waals surface area contributed by atoms with Crippen molar-refractivity contribution in [3.8, 4) is 0 Å². The Balaban J connectivity index is 1.07. The molecule has 0 saturated carbocycles. The average Bonchev–Trinajstić information content (AvgIpc) is 3.46. The molecule has 386 valence electrons. The number of carbonyl (C=O) groups excluding carboxylic acids is 3. The van der Waals surface area contributed by atoms with Gasteiger partial charge >= 0.3 is 17.9 Å². The molecule has 2 aliphatic rings. The van der Waals surface area contributed by atoms with Crippen molar-refractivity contribution in [1.29, 1.82) is 0 Å². The van der Waals surface area contributed by atoms with Crippen LogP contribution in [0.1, 0.15) is 53.3 Å². The lowest BCUT2D eigenvalue weighted by Gasteiger charge is -2.47.